The van der Waals surface area contributed by atoms with E-state index >= 15 is 17.6 Å². The minimum absolute atomic E-state index is 0.0250. The van der Waals surface area contributed by atoms with Crippen LogP contribution in [0.4, 0.5) is 78.6 Å². The van der Waals surface area contributed by atoms with E-state index in [0.29, 0.717) is 89.5 Å². The molecule has 2 N–H and O–H groups in total. The third-order valence-electron chi connectivity index (χ3n) is 15.7. The second-order valence-electron chi connectivity index (χ2n) is 22.3. The Labute approximate surface area is 491 Å². The fraction of sp³-hybridized carbons (Fsp3) is 0.433. The largest absolute Gasteiger partial charge is 0.372 e. The molecule has 6 aromatic rings. The number of carbonyl (C=O) groups is 2. The number of morpholine rings is 2. The van der Waals surface area contributed by atoms with Crippen LogP contribution in [0.3, 0.4) is 0 Å². The van der Waals surface area contributed by atoms with Crippen LogP contribution in [0.15, 0.2) is 73.3 Å². The van der Waals surface area contributed by atoms with Crippen molar-refractivity contribution in [1.29, 1.82) is 0 Å². The molecule has 4 fully saturated rings. The molecule has 86 heavy (non-hydrogen) atoms. The molecule has 0 radical (unpaired) electrons. The summed E-state index contributed by atoms with van der Waals surface area (Å²) in [5.41, 5.74) is -4.31. The van der Waals surface area contributed by atoms with E-state index in [2.05, 4.69) is 40.4 Å². The maximum Gasteiger partial charge on any atom is 0.264 e. The van der Waals surface area contributed by atoms with Crippen molar-refractivity contribution in [2.75, 3.05) is 110 Å². The lowest BCUT2D eigenvalue weighted by molar-refractivity contribution is -0.00597. The number of benzene rings is 4. The number of hydrogen-bond donors (Lipinski definition) is 2. The predicted octanol–water partition coefficient (Wildman–Crippen LogP) is 11.0. The van der Waals surface area contributed by atoms with Gasteiger partial charge in [-0.05, 0) is 92.0 Å². The Balaban J connectivity index is 0.000000205. The van der Waals surface area contributed by atoms with Gasteiger partial charge in [-0.2, -0.15) is 0 Å². The summed E-state index contributed by atoms with van der Waals surface area (Å²) in [7, 11) is 3.86. The summed E-state index contributed by atoms with van der Waals surface area (Å²) in [6.07, 6.45) is -1.32. The fourth-order valence-corrected chi connectivity index (χ4v) is 11.1. The Morgan fingerprint density at radius 2 is 0.826 bits per heavy atom. The summed E-state index contributed by atoms with van der Waals surface area (Å²) in [6.45, 7) is 16.5. The molecule has 4 aliphatic heterocycles. The van der Waals surface area contributed by atoms with Gasteiger partial charge in [-0.3, -0.25) is 9.59 Å². The number of halogens is 10. The van der Waals surface area contributed by atoms with Crippen LogP contribution in [0.2, 0.25) is 0 Å². The number of rotatable bonds is 12. The number of hydrogen-bond acceptors (Lipinski definition) is 14. The Bertz CT molecular complexity index is 3180. The van der Waals surface area contributed by atoms with Crippen LogP contribution in [0.5, 0.6) is 0 Å². The number of carbonyl (C=O) groups excluding carboxylic acids is 2. The van der Waals surface area contributed by atoms with Gasteiger partial charge in [0.1, 0.15) is 34.6 Å². The second kappa shape index (κ2) is 26.5. The number of nitrogens with zero attached hydrogens (tertiary/aromatic N) is 10. The SMILES string of the molecule is C[C@@H]1CN(c2ncc(-c3c(F)cc(N4CCN(C)[C@@H](C)C4)c(NC(=O)c4ccc(F)cc4C(F)F)c3F)cn2)C[C@@H](C)O1.C[C@H]1CN(c2ncc(-c3c(F)cc(N4CCN(C)[C@@H](C)C4)c(NC(=O)c4ccc(F)cc4C(F)F)c3F)cn2)C[C@H](C)O1. The molecule has 6 atom stereocenters. The Morgan fingerprint density at radius 1 is 0.488 bits per heavy atom. The molecule has 4 saturated heterocycles. The summed E-state index contributed by atoms with van der Waals surface area (Å²) in [5, 5.41) is 4.78. The molecule has 0 aliphatic carbocycles. The molecule has 10 rings (SSSR count). The van der Waals surface area contributed by atoms with Gasteiger partial charge in [-0.15, -0.1) is 0 Å². The van der Waals surface area contributed by atoms with Crippen molar-refractivity contribution in [2.24, 2.45) is 0 Å². The second-order valence-corrected chi connectivity index (χ2v) is 22.3. The molecular formula is C60H66F10N12O4. The third kappa shape index (κ3) is 13.9. The van der Waals surface area contributed by atoms with E-state index in [9.17, 15) is 35.9 Å². The molecule has 2 amide bonds. The van der Waals surface area contributed by atoms with Gasteiger partial charge in [0, 0.05) is 148 Å². The van der Waals surface area contributed by atoms with Gasteiger partial charge < -0.3 is 49.5 Å². The van der Waals surface area contributed by atoms with Crippen molar-refractivity contribution >= 4 is 46.5 Å². The highest BCUT2D eigenvalue weighted by molar-refractivity contribution is 6.08. The summed E-state index contributed by atoms with van der Waals surface area (Å²) < 4.78 is 158. The number of alkyl halides is 4. The Hall–Kier alpha value is -7.68. The number of amides is 2. The third-order valence-corrected chi connectivity index (χ3v) is 15.7. The molecule has 2 aromatic heterocycles. The van der Waals surface area contributed by atoms with Gasteiger partial charge >= 0.3 is 0 Å². The van der Waals surface area contributed by atoms with Crippen LogP contribution in [0.25, 0.3) is 22.3 Å². The average Bonchev–Trinajstić information content (AvgIpc) is 0.909. The maximum absolute atomic E-state index is 16.4. The van der Waals surface area contributed by atoms with Gasteiger partial charge in [0.15, 0.2) is 11.6 Å². The number of nitrogens with one attached hydrogen (secondary N) is 2. The first-order valence-corrected chi connectivity index (χ1v) is 28.0. The number of anilines is 6. The van der Waals surface area contributed by atoms with Gasteiger partial charge in [-0.25, -0.2) is 63.8 Å². The van der Waals surface area contributed by atoms with Crippen molar-refractivity contribution in [3.63, 3.8) is 0 Å². The summed E-state index contributed by atoms with van der Waals surface area (Å²) in [5.74, 6) is -7.35. The standard InChI is InChI=1S/2C30H33F5N6O2/c2*1-16-13-40(8-7-39(16)4)24-10-23(32)25(19-11-36-30(37-12-19)41-14-17(2)43-18(3)15-41)26(33)27(24)38-29(42)21-6-5-20(31)9-22(21)28(34)35/h2*5-6,9-12,16-18,28H,7-8,13-15H2,1-4H3,(H,38,42)/t16-,17+,18+;16-,17-,18-/m00/s1. The quantitative estimate of drug-likeness (QED) is 0.112. The highest BCUT2D eigenvalue weighted by Gasteiger charge is 2.34. The van der Waals surface area contributed by atoms with Gasteiger partial charge in [0.2, 0.25) is 11.9 Å². The van der Waals surface area contributed by atoms with Crippen LogP contribution in [0, 0.1) is 34.9 Å². The van der Waals surface area contributed by atoms with E-state index in [-0.39, 0.29) is 70.4 Å². The molecule has 0 bridgehead atoms. The zero-order valence-electron chi connectivity index (χ0n) is 48.5. The molecule has 16 nitrogen and oxygen atoms in total. The normalized spacial score (nSPS) is 21.4. The maximum atomic E-state index is 16.4. The summed E-state index contributed by atoms with van der Waals surface area (Å²) >= 11 is 0. The minimum atomic E-state index is -3.16. The first-order chi connectivity index (χ1) is 40.8. The molecular weight excluding hydrogens is 1140 g/mol. The minimum Gasteiger partial charge on any atom is -0.372 e. The molecule has 0 saturated carbocycles. The highest BCUT2D eigenvalue weighted by Crippen LogP contribution is 2.42. The van der Waals surface area contributed by atoms with Crippen molar-refractivity contribution in [1.82, 2.24) is 29.7 Å². The Kier molecular flexibility index (Phi) is 19.4. The highest BCUT2D eigenvalue weighted by atomic mass is 19.3. The zero-order valence-corrected chi connectivity index (χ0v) is 48.5. The van der Waals surface area contributed by atoms with Crippen LogP contribution in [-0.2, 0) is 9.47 Å². The summed E-state index contributed by atoms with van der Waals surface area (Å²) in [6, 6.07) is 6.95. The van der Waals surface area contributed by atoms with Crippen molar-refractivity contribution in [3.8, 4) is 22.3 Å². The van der Waals surface area contributed by atoms with E-state index < -0.39 is 92.9 Å². The fourth-order valence-electron chi connectivity index (χ4n) is 11.1. The lowest BCUT2D eigenvalue weighted by Crippen LogP contribution is -2.50. The monoisotopic (exact) mass is 1210 g/mol. The summed E-state index contributed by atoms with van der Waals surface area (Å²) in [4.78, 5) is 55.4. The number of likely N-dealkylation sites (N-methyl/N-ethyl adjacent to an activating group) is 2. The van der Waals surface area contributed by atoms with Gasteiger partial charge in [0.05, 0.1) is 46.9 Å². The smallest absolute Gasteiger partial charge is 0.264 e. The van der Waals surface area contributed by atoms with Crippen LogP contribution in [0.1, 0.15) is 86.2 Å². The van der Waals surface area contributed by atoms with Gasteiger partial charge in [0.25, 0.3) is 24.7 Å². The van der Waals surface area contributed by atoms with E-state index in [1.165, 1.54) is 24.8 Å². The van der Waals surface area contributed by atoms with E-state index in [1.54, 1.807) is 9.80 Å². The lowest BCUT2D eigenvalue weighted by Gasteiger charge is -2.39. The zero-order chi connectivity index (χ0) is 62.0. The van der Waals surface area contributed by atoms with Crippen LogP contribution in [-0.4, -0.2) is 158 Å². The number of aromatic nitrogens is 4. The number of ether oxygens (including phenoxy) is 2. The van der Waals surface area contributed by atoms with Crippen LogP contribution >= 0.6 is 0 Å². The molecule has 0 unspecified atom stereocenters. The first-order valence-electron chi connectivity index (χ1n) is 28.0. The van der Waals surface area contributed by atoms with E-state index in [4.69, 9.17) is 9.47 Å². The molecule has 26 heteroatoms. The predicted molar refractivity (Wildman–Crippen MR) is 306 cm³/mol. The lowest BCUT2D eigenvalue weighted by atomic mass is 10.0. The van der Waals surface area contributed by atoms with Gasteiger partial charge in [-0.1, -0.05) is 0 Å². The number of piperazine rings is 2. The Morgan fingerprint density at radius 3 is 1.14 bits per heavy atom. The molecule has 0 spiro atoms. The molecule has 4 aliphatic rings. The molecule has 4 aromatic carbocycles. The topological polar surface area (TPSA) is 148 Å². The van der Waals surface area contributed by atoms with E-state index in [1.807, 2.05) is 65.4 Å². The van der Waals surface area contributed by atoms with Crippen molar-refractivity contribution in [3.05, 3.63) is 130 Å². The van der Waals surface area contributed by atoms with Crippen LogP contribution < -0.4 is 30.2 Å². The van der Waals surface area contributed by atoms with E-state index in [0.717, 1.165) is 36.4 Å². The van der Waals surface area contributed by atoms with Crippen molar-refractivity contribution < 1.29 is 63.0 Å². The molecule has 6 heterocycles. The first kappa shape index (κ1) is 62.8. The molecule has 460 valence electrons. The average molecular weight is 1210 g/mol. The van der Waals surface area contributed by atoms with Crippen molar-refractivity contribution in [2.45, 2.75) is 90.9 Å².